The van der Waals surface area contributed by atoms with E-state index in [1.165, 1.54) is 12.1 Å². The number of rotatable bonds is 4. The molecule has 0 saturated carbocycles. The Morgan fingerprint density at radius 3 is 2.50 bits per heavy atom. The van der Waals surface area contributed by atoms with E-state index < -0.39 is 10.0 Å². The first-order chi connectivity index (χ1) is 8.12. The number of thiocarbonyl (C=S) groups is 1. The van der Waals surface area contributed by atoms with Crippen molar-refractivity contribution in [3.05, 3.63) is 29.8 Å². The second-order valence-corrected chi connectivity index (χ2v) is 7.48. The van der Waals surface area contributed by atoms with Gasteiger partial charge in [-0.05, 0) is 17.5 Å². The van der Waals surface area contributed by atoms with E-state index in [-0.39, 0.29) is 15.3 Å². The Kier molecular flexibility index (Phi) is 4.47. The third-order valence-corrected chi connectivity index (χ3v) is 3.86. The number of sulfonamides is 1. The van der Waals surface area contributed by atoms with E-state index in [1.807, 2.05) is 20.8 Å². The van der Waals surface area contributed by atoms with Crippen LogP contribution in [-0.2, 0) is 10.0 Å². The first-order valence-corrected chi connectivity index (χ1v) is 7.40. The van der Waals surface area contributed by atoms with Crippen molar-refractivity contribution in [2.24, 2.45) is 11.1 Å². The van der Waals surface area contributed by atoms with E-state index in [0.29, 0.717) is 12.1 Å². The van der Waals surface area contributed by atoms with Crippen molar-refractivity contribution in [1.29, 1.82) is 0 Å². The molecule has 6 heteroatoms. The normalized spacial score (nSPS) is 12.4. The Hall–Kier alpha value is -0.980. The van der Waals surface area contributed by atoms with Crippen molar-refractivity contribution in [2.75, 3.05) is 6.54 Å². The Morgan fingerprint density at radius 1 is 1.39 bits per heavy atom. The highest BCUT2D eigenvalue weighted by atomic mass is 32.2. The topological polar surface area (TPSA) is 72.2 Å². The molecule has 0 heterocycles. The maximum atomic E-state index is 12.1. The van der Waals surface area contributed by atoms with Crippen LogP contribution in [0.3, 0.4) is 0 Å². The van der Waals surface area contributed by atoms with Gasteiger partial charge < -0.3 is 5.73 Å². The van der Waals surface area contributed by atoms with Crippen molar-refractivity contribution < 1.29 is 8.42 Å². The summed E-state index contributed by atoms with van der Waals surface area (Å²) in [6.45, 7) is 6.25. The molecule has 0 spiro atoms. The van der Waals surface area contributed by atoms with Crippen molar-refractivity contribution in [3.63, 3.8) is 0 Å². The Balaban J connectivity index is 2.99. The van der Waals surface area contributed by atoms with Gasteiger partial charge in [0.2, 0.25) is 10.0 Å². The molecular weight excluding hydrogens is 268 g/mol. The van der Waals surface area contributed by atoms with E-state index in [9.17, 15) is 8.42 Å². The minimum atomic E-state index is -3.51. The molecule has 0 unspecified atom stereocenters. The molecule has 18 heavy (non-hydrogen) atoms. The molecule has 0 amide bonds. The summed E-state index contributed by atoms with van der Waals surface area (Å²) in [5.74, 6) is 0. The van der Waals surface area contributed by atoms with Gasteiger partial charge in [-0.3, -0.25) is 0 Å². The average Bonchev–Trinajstić information content (AvgIpc) is 2.26. The lowest BCUT2D eigenvalue weighted by molar-refractivity contribution is 0.407. The number of nitrogens with one attached hydrogen (secondary N) is 1. The number of benzene rings is 1. The monoisotopic (exact) mass is 286 g/mol. The first kappa shape index (κ1) is 15.1. The standard InChI is InChI=1S/C12H18N2O2S2/c1-12(2,3)8-14-18(15,16)10-6-4-5-9(7-10)11(13)17/h4-7,14H,8H2,1-3H3,(H2,13,17). The van der Waals surface area contributed by atoms with Gasteiger partial charge in [0.15, 0.2) is 0 Å². The lowest BCUT2D eigenvalue weighted by Crippen LogP contribution is -2.32. The summed E-state index contributed by atoms with van der Waals surface area (Å²) in [6.07, 6.45) is 0. The Labute approximate surface area is 114 Å². The molecule has 0 aliphatic carbocycles. The number of hydrogen-bond acceptors (Lipinski definition) is 3. The maximum absolute atomic E-state index is 12.1. The molecule has 1 aromatic carbocycles. The van der Waals surface area contributed by atoms with Gasteiger partial charge in [-0.1, -0.05) is 45.1 Å². The van der Waals surface area contributed by atoms with Crippen LogP contribution < -0.4 is 10.5 Å². The van der Waals surface area contributed by atoms with Gasteiger partial charge in [0, 0.05) is 12.1 Å². The number of nitrogens with two attached hydrogens (primary N) is 1. The van der Waals surface area contributed by atoms with Crippen LogP contribution in [0, 0.1) is 5.41 Å². The van der Waals surface area contributed by atoms with Crippen LogP contribution >= 0.6 is 12.2 Å². The van der Waals surface area contributed by atoms with E-state index >= 15 is 0 Å². The largest absolute Gasteiger partial charge is 0.389 e. The zero-order valence-electron chi connectivity index (χ0n) is 10.7. The lowest BCUT2D eigenvalue weighted by atomic mass is 9.98. The zero-order valence-corrected chi connectivity index (χ0v) is 12.4. The molecule has 1 aromatic rings. The van der Waals surface area contributed by atoms with Gasteiger partial charge in [-0.25, -0.2) is 13.1 Å². The molecule has 0 atom stereocenters. The average molecular weight is 286 g/mol. The summed E-state index contributed by atoms with van der Waals surface area (Å²) in [6, 6.07) is 6.31. The van der Waals surface area contributed by atoms with Gasteiger partial charge in [0.1, 0.15) is 4.99 Å². The van der Waals surface area contributed by atoms with Gasteiger partial charge >= 0.3 is 0 Å². The van der Waals surface area contributed by atoms with Crippen LogP contribution in [0.15, 0.2) is 29.2 Å². The van der Waals surface area contributed by atoms with Crippen molar-refractivity contribution in [3.8, 4) is 0 Å². The molecule has 100 valence electrons. The SMILES string of the molecule is CC(C)(C)CNS(=O)(=O)c1cccc(C(N)=S)c1. The third kappa shape index (κ3) is 4.36. The molecule has 1 rings (SSSR count). The predicted molar refractivity (Wildman–Crippen MR) is 77.0 cm³/mol. The summed E-state index contributed by atoms with van der Waals surface area (Å²) in [4.78, 5) is 0.361. The second-order valence-electron chi connectivity index (χ2n) is 5.28. The molecule has 0 aliphatic heterocycles. The van der Waals surface area contributed by atoms with Crippen LogP contribution in [0.4, 0.5) is 0 Å². The molecule has 0 bridgehead atoms. The van der Waals surface area contributed by atoms with E-state index in [1.54, 1.807) is 12.1 Å². The van der Waals surface area contributed by atoms with Crippen LogP contribution in [0.5, 0.6) is 0 Å². The van der Waals surface area contributed by atoms with Gasteiger partial charge in [0.05, 0.1) is 4.90 Å². The molecular formula is C12H18N2O2S2. The lowest BCUT2D eigenvalue weighted by Gasteiger charge is -2.18. The minimum Gasteiger partial charge on any atom is -0.389 e. The molecule has 0 radical (unpaired) electrons. The molecule has 0 aromatic heterocycles. The fraction of sp³-hybridized carbons (Fsp3) is 0.417. The zero-order chi connectivity index (χ0) is 14.0. The highest BCUT2D eigenvalue weighted by molar-refractivity contribution is 7.89. The molecule has 0 fully saturated rings. The first-order valence-electron chi connectivity index (χ1n) is 5.51. The fourth-order valence-electron chi connectivity index (χ4n) is 1.21. The van der Waals surface area contributed by atoms with Crippen LogP contribution in [0.1, 0.15) is 26.3 Å². The van der Waals surface area contributed by atoms with Crippen LogP contribution in [0.25, 0.3) is 0 Å². The summed E-state index contributed by atoms with van der Waals surface area (Å²) in [5, 5.41) is 0. The van der Waals surface area contributed by atoms with Crippen molar-refractivity contribution in [2.45, 2.75) is 25.7 Å². The molecule has 4 nitrogen and oxygen atoms in total. The summed E-state index contributed by atoms with van der Waals surface area (Å²) in [7, 11) is -3.51. The smallest absolute Gasteiger partial charge is 0.240 e. The maximum Gasteiger partial charge on any atom is 0.240 e. The minimum absolute atomic E-state index is 0.117. The third-order valence-electron chi connectivity index (χ3n) is 2.22. The highest BCUT2D eigenvalue weighted by Crippen LogP contribution is 2.15. The fourth-order valence-corrected chi connectivity index (χ4v) is 2.67. The second kappa shape index (κ2) is 5.34. The van der Waals surface area contributed by atoms with Gasteiger partial charge in [0.25, 0.3) is 0 Å². The summed E-state index contributed by atoms with van der Waals surface area (Å²) in [5.41, 5.74) is 5.91. The number of hydrogen-bond donors (Lipinski definition) is 2. The summed E-state index contributed by atoms with van der Waals surface area (Å²) >= 11 is 4.83. The van der Waals surface area contributed by atoms with Crippen LogP contribution in [-0.4, -0.2) is 20.0 Å². The van der Waals surface area contributed by atoms with Crippen molar-refractivity contribution in [1.82, 2.24) is 4.72 Å². The van der Waals surface area contributed by atoms with E-state index in [4.69, 9.17) is 18.0 Å². The molecule has 0 saturated heterocycles. The van der Waals surface area contributed by atoms with Gasteiger partial charge in [-0.2, -0.15) is 0 Å². The predicted octanol–water partition coefficient (Wildman–Crippen LogP) is 1.65. The van der Waals surface area contributed by atoms with E-state index in [0.717, 1.165) is 0 Å². The van der Waals surface area contributed by atoms with Crippen LogP contribution in [0.2, 0.25) is 0 Å². The molecule has 3 N–H and O–H groups in total. The molecule has 0 aliphatic rings. The Morgan fingerprint density at radius 2 is 2.00 bits per heavy atom. The summed E-state index contributed by atoms with van der Waals surface area (Å²) < 4.78 is 26.7. The van der Waals surface area contributed by atoms with Crippen molar-refractivity contribution >= 4 is 27.2 Å². The highest BCUT2D eigenvalue weighted by Gasteiger charge is 2.18. The quantitative estimate of drug-likeness (QED) is 0.826. The van der Waals surface area contributed by atoms with Gasteiger partial charge in [-0.15, -0.1) is 0 Å². The van der Waals surface area contributed by atoms with E-state index in [2.05, 4.69) is 4.72 Å². The Bertz CT molecular complexity index is 545.